The summed E-state index contributed by atoms with van der Waals surface area (Å²) >= 11 is 17.1. The zero-order chi connectivity index (χ0) is 20.7. The molecule has 0 aliphatic rings. The fraction of sp³-hybridized carbons (Fsp3) is 0.0833. The predicted molar refractivity (Wildman–Crippen MR) is 142 cm³/mol. The predicted octanol–water partition coefficient (Wildman–Crippen LogP) is 10.6. The van der Waals surface area contributed by atoms with Crippen LogP contribution in [0.15, 0.2) is 70.5 Å². The number of thiophene rings is 4. The number of hydrogen-bond acceptors (Lipinski definition) is 4. The molecule has 0 atom stereocenters. The second-order valence-electron chi connectivity index (χ2n) is 6.78. The molecule has 0 bridgehead atoms. The highest BCUT2D eigenvalue weighted by molar-refractivity contribution is 9.11. The van der Waals surface area contributed by atoms with Crippen LogP contribution in [-0.4, -0.2) is 0 Å². The lowest BCUT2D eigenvalue weighted by molar-refractivity contribution is 1.14. The molecule has 0 fully saturated rings. The lowest BCUT2D eigenvalue weighted by Crippen LogP contribution is -1.81. The van der Waals surface area contributed by atoms with E-state index in [0.29, 0.717) is 0 Å². The molecule has 1 aromatic carbocycles. The third-order valence-electron chi connectivity index (χ3n) is 4.87. The number of benzene rings is 1. The van der Waals surface area contributed by atoms with E-state index >= 15 is 0 Å². The number of halogens is 2. The van der Waals surface area contributed by atoms with Crippen molar-refractivity contribution in [3.63, 3.8) is 0 Å². The van der Waals surface area contributed by atoms with Crippen LogP contribution in [-0.2, 0) is 6.42 Å². The van der Waals surface area contributed by atoms with Crippen LogP contribution in [0.4, 0.5) is 0 Å². The quantitative estimate of drug-likeness (QED) is 0.205. The minimum atomic E-state index is 0.830. The molecule has 0 saturated carbocycles. The van der Waals surface area contributed by atoms with E-state index in [9.17, 15) is 0 Å². The van der Waals surface area contributed by atoms with Crippen LogP contribution in [0.2, 0.25) is 4.34 Å². The first-order valence-electron chi connectivity index (χ1n) is 9.45. The molecular weight excluding hydrogens is 532 g/mol. The molecule has 0 aliphatic carbocycles. The Morgan fingerprint density at radius 1 is 0.700 bits per heavy atom. The van der Waals surface area contributed by atoms with Crippen molar-refractivity contribution in [2.45, 2.75) is 13.3 Å². The summed E-state index contributed by atoms with van der Waals surface area (Å²) in [6, 6.07) is 24.1. The van der Waals surface area contributed by atoms with Gasteiger partial charge in [-0.2, -0.15) is 0 Å². The van der Waals surface area contributed by atoms with Crippen LogP contribution >= 0.6 is 72.9 Å². The topological polar surface area (TPSA) is 0 Å². The Hall–Kier alpha value is -1.21. The van der Waals surface area contributed by atoms with Crippen molar-refractivity contribution >= 4 is 72.9 Å². The van der Waals surface area contributed by atoms with Crippen LogP contribution in [0.1, 0.15) is 12.5 Å². The molecule has 0 radical (unpaired) electrons. The first-order valence-corrected chi connectivity index (χ1v) is 13.9. The smallest absolute Gasteiger partial charge is 0.0941 e. The zero-order valence-electron chi connectivity index (χ0n) is 15.9. The average Bonchev–Trinajstić information content (AvgIpc) is 3.53. The number of aryl methyl sites for hydroxylation is 1. The second kappa shape index (κ2) is 8.73. The van der Waals surface area contributed by atoms with Gasteiger partial charge in [-0.3, -0.25) is 0 Å². The first-order chi connectivity index (χ1) is 14.6. The monoisotopic (exact) mass is 546 g/mol. The van der Waals surface area contributed by atoms with Crippen molar-refractivity contribution in [2.75, 3.05) is 0 Å². The van der Waals surface area contributed by atoms with Crippen LogP contribution < -0.4 is 0 Å². The zero-order valence-corrected chi connectivity index (χ0v) is 21.6. The van der Waals surface area contributed by atoms with Gasteiger partial charge in [0, 0.05) is 29.9 Å². The summed E-state index contributed by atoms with van der Waals surface area (Å²) < 4.78 is 2.00. The molecule has 4 aromatic heterocycles. The largest absolute Gasteiger partial charge is 0.134 e. The lowest BCUT2D eigenvalue weighted by atomic mass is 10.0. The Kier molecular flexibility index (Phi) is 6.02. The summed E-state index contributed by atoms with van der Waals surface area (Å²) in [7, 11) is 0. The molecule has 0 saturated heterocycles. The molecule has 0 nitrogen and oxygen atoms in total. The van der Waals surface area contributed by atoms with Gasteiger partial charge < -0.3 is 0 Å². The van der Waals surface area contributed by atoms with Crippen molar-refractivity contribution in [3.05, 3.63) is 80.4 Å². The Morgan fingerprint density at radius 3 is 1.87 bits per heavy atom. The minimum Gasteiger partial charge on any atom is -0.134 e. The van der Waals surface area contributed by atoms with E-state index in [0.717, 1.165) is 10.8 Å². The molecule has 0 aliphatic heterocycles. The van der Waals surface area contributed by atoms with Gasteiger partial charge in [0.1, 0.15) is 0 Å². The number of hydrogen-bond donors (Lipinski definition) is 0. The first kappa shape index (κ1) is 20.7. The second-order valence-corrected chi connectivity index (χ2v) is 13.1. The molecule has 4 heterocycles. The fourth-order valence-corrected chi connectivity index (χ4v) is 8.27. The summed E-state index contributed by atoms with van der Waals surface area (Å²) in [6.45, 7) is 2.18. The molecule has 5 aromatic rings. The van der Waals surface area contributed by atoms with Crippen LogP contribution in [0, 0.1) is 0 Å². The van der Waals surface area contributed by atoms with E-state index in [-0.39, 0.29) is 0 Å². The minimum absolute atomic E-state index is 0.830. The highest BCUT2D eigenvalue weighted by Crippen LogP contribution is 2.47. The van der Waals surface area contributed by atoms with Gasteiger partial charge in [0.2, 0.25) is 0 Å². The van der Waals surface area contributed by atoms with Gasteiger partial charge in [0.15, 0.2) is 0 Å². The van der Waals surface area contributed by atoms with Gasteiger partial charge in [-0.05, 0) is 75.9 Å². The van der Waals surface area contributed by atoms with Crippen molar-refractivity contribution in [2.24, 2.45) is 0 Å². The third kappa shape index (κ3) is 4.12. The van der Waals surface area contributed by atoms with E-state index in [2.05, 4.69) is 89.6 Å². The van der Waals surface area contributed by atoms with Gasteiger partial charge in [0.25, 0.3) is 0 Å². The van der Waals surface area contributed by atoms with Gasteiger partial charge >= 0.3 is 0 Å². The van der Waals surface area contributed by atoms with E-state index in [1.54, 1.807) is 22.7 Å². The normalized spacial score (nSPS) is 11.3. The molecular formula is C24H16BrClS4. The van der Waals surface area contributed by atoms with Crippen LogP contribution in [0.5, 0.6) is 0 Å². The van der Waals surface area contributed by atoms with Gasteiger partial charge in [-0.15, -0.1) is 45.3 Å². The highest BCUT2D eigenvalue weighted by Gasteiger charge is 2.16. The maximum atomic E-state index is 6.44. The Balaban J connectivity index is 1.48. The Labute approximate surface area is 205 Å². The van der Waals surface area contributed by atoms with Crippen molar-refractivity contribution in [1.29, 1.82) is 0 Å². The summed E-state index contributed by atoms with van der Waals surface area (Å²) in [5.74, 6) is 0. The maximum Gasteiger partial charge on any atom is 0.0941 e. The van der Waals surface area contributed by atoms with E-state index < -0.39 is 0 Å². The van der Waals surface area contributed by atoms with Crippen molar-refractivity contribution in [1.82, 2.24) is 0 Å². The highest BCUT2D eigenvalue weighted by atomic mass is 79.9. The third-order valence-corrected chi connectivity index (χ3v) is 10.5. The van der Waals surface area contributed by atoms with Crippen molar-refractivity contribution < 1.29 is 0 Å². The maximum absolute atomic E-state index is 6.44. The van der Waals surface area contributed by atoms with Crippen LogP contribution in [0.25, 0.3) is 40.4 Å². The van der Waals surface area contributed by atoms with E-state index in [1.807, 2.05) is 22.7 Å². The molecule has 150 valence electrons. The Morgan fingerprint density at radius 2 is 1.27 bits per heavy atom. The lowest BCUT2D eigenvalue weighted by Gasteiger charge is -2.04. The summed E-state index contributed by atoms with van der Waals surface area (Å²) in [5.41, 5.74) is 3.80. The molecule has 30 heavy (non-hydrogen) atoms. The molecule has 6 heteroatoms. The van der Waals surface area contributed by atoms with Crippen molar-refractivity contribution in [3.8, 4) is 40.4 Å². The summed E-state index contributed by atoms with van der Waals surface area (Å²) in [6.07, 6.45) is 1.05. The average molecular weight is 548 g/mol. The SMILES string of the molecule is CCc1ccc(-c2cc(Cl)sc2-c2ccc(-c3ccc(-c4ccc(Br)s4)s3)s2)cc1. The summed E-state index contributed by atoms with van der Waals surface area (Å²) in [4.78, 5) is 7.74. The van der Waals surface area contributed by atoms with E-state index in [1.165, 1.54) is 49.7 Å². The van der Waals surface area contributed by atoms with Gasteiger partial charge in [-0.25, -0.2) is 0 Å². The standard InChI is InChI=1S/C24H16BrClS4/c1-2-14-3-5-15(6-4-14)16-13-23(26)30-24(16)21-10-9-18(28-21)17-7-8-19(27-17)20-11-12-22(25)29-20/h3-13H,2H2,1H3. The van der Waals surface area contributed by atoms with Gasteiger partial charge in [-0.1, -0.05) is 42.8 Å². The van der Waals surface area contributed by atoms with Crippen LogP contribution in [0.3, 0.4) is 0 Å². The number of rotatable bonds is 5. The molecule has 5 rings (SSSR count). The van der Waals surface area contributed by atoms with E-state index in [4.69, 9.17) is 11.6 Å². The molecule has 0 N–H and O–H groups in total. The Bertz CT molecular complexity index is 1300. The molecule has 0 amide bonds. The van der Waals surface area contributed by atoms with Gasteiger partial charge in [0.05, 0.1) is 13.0 Å². The molecule has 0 spiro atoms. The summed E-state index contributed by atoms with van der Waals surface area (Å²) in [5, 5.41) is 0. The fourth-order valence-electron chi connectivity index (χ4n) is 3.32. The molecule has 0 unspecified atom stereocenters.